The van der Waals surface area contributed by atoms with Crippen molar-refractivity contribution in [1.82, 2.24) is 0 Å². The van der Waals surface area contributed by atoms with E-state index in [4.69, 9.17) is 4.74 Å². The Hall–Kier alpha value is -1.57. The summed E-state index contributed by atoms with van der Waals surface area (Å²) in [5.41, 5.74) is 1.46. The Bertz CT molecular complexity index is 395. The van der Waals surface area contributed by atoms with Crippen molar-refractivity contribution in [2.45, 2.75) is 18.9 Å². The molecule has 2 rings (SSSR count). The second kappa shape index (κ2) is 2.98. The number of carbonyl (C=O) groups is 1. The van der Waals surface area contributed by atoms with Crippen molar-refractivity contribution in [2.24, 2.45) is 0 Å². The van der Waals surface area contributed by atoms with Crippen LogP contribution in [0.25, 0.3) is 0 Å². The van der Waals surface area contributed by atoms with Crippen molar-refractivity contribution >= 4 is 6.29 Å². The van der Waals surface area contributed by atoms with Crippen molar-refractivity contribution in [1.29, 1.82) is 0 Å². The Morgan fingerprint density at radius 2 is 2.36 bits per heavy atom. The average molecular weight is 188 g/mol. The van der Waals surface area contributed by atoms with Gasteiger partial charge in [0, 0.05) is 12.0 Å². The zero-order chi connectivity index (χ0) is 10.2. The lowest BCUT2D eigenvalue weighted by molar-refractivity contribution is 0.112. The zero-order valence-corrected chi connectivity index (χ0v) is 8.12. The second-order valence-electron chi connectivity index (χ2n) is 3.78. The Morgan fingerprint density at radius 3 is 3.00 bits per heavy atom. The molecule has 1 heterocycles. The van der Waals surface area contributed by atoms with Gasteiger partial charge in [0.1, 0.15) is 17.6 Å². The lowest BCUT2D eigenvalue weighted by atomic mass is 9.99. The molecule has 0 spiro atoms. The number of carbonyl (C=O) groups excluding carboxylic acids is 1. The molecule has 1 aromatic rings. The Balaban J connectivity index is 2.40. The van der Waals surface area contributed by atoms with E-state index >= 15 is 0 Å². The summed E-state index contributed by atoms with van der Waals surface area (Å²) in [6.45, 7) is 5.73. The second-order valence-corrected chi connectivity index (χ2v) is 3.78. The van der Waals surface area contributed by atoms with Gasteiger partial charge in [-0.1, -0.05) is 6.58 Å². The van der Waals surface area contributed by atoms with Crippen LogP contribution >= 0.6 is 0 Å². The third kappa shape index (κ3) is 1.33. The van der Waals surface area contributed by atoms with Gasteiger partial charge < -0.3 is 4.74 Å². The van der Waals surface area contributed by atoms with E-state index in [1.54, 1.807) is 12.1 Å². The van der Waals surface area contributed by atoms with E-state index in [1.807, 2.05) is 19.1 Å². The summed E-state index contributed by atoms with van der Waals surface area (Å²) in [5, 5.41) is 0. The summed E-state index contributed by atoms with van der Waals surface area (Å²) in [4.78, 5) is 10.6. The van der Waals surface area contributed by atoms with Gasteiger partial charge in [-0.15, -0.1) is 0 Å². The van der Waals surface area contributed by atoms with Gasteiger partial charge in [0.05, 0.1) is 0 Å². The molecular formula is C12H12O2. The van der Waals surface area contributed by atoms with Crippen LogP contribution in [-0.4, -0.2) is 11.9 Å². The van der Waals surface area contributed by atoms with Gasteiger partial charge in [-0.3, -0.25) is 4.79 Å². The lowest BCUT2D eigenvalue weighted by Crippen LogP contribution is -2.26. The molecule has 1 aliphatic heterocycles. The van der Waals surface area contributed by atoms with Gasteiger partial charge in [0.2, 0.25) is 0 Å². The molecule has 0 aliphatic carbocycles. The maximum absolute atomic E-state index is 10.6. The fourth-order valence-corrected chi connectivity index (χ4v) is 1.69. The van der Waals surface area contributed by atoms with Crippen molar-refractivity contribution in [2.75, 3.05) is 0 Å². The maximum Gasteiger partial charge on any atom is 0.150 e. The van der Waals surface area contributed by atoms with Gasteiger partial charge in [0.15, 0.2) is 0 Å². The SMILES string of the molecule is C=CC1(C)Cc2cc(C=O)ccc2O1. The molecule has 14 heavy (non-hydrogen) atoms. The predicted octanol–water partition coefficient (Wildman–Crippen LogP) is 2.38. The molecule has 1 aromatic carbocycles. The van der Waals surface area contributed by atoms with Crippen LogP contribution < -0.4 is 4.74 Å². The van der Waals surface area contributed by atoms with Gasteiger partial charge in [-0.25, -0.2) is 0 Å². The number of benzene rings is 1. The third-order valence-electron chi connectivity index (χ3n) is 2.54. The molecule has 0 bridgehead atoms. The smallest absolute Gasteiger partial charge is 0.150 e. The summed E-state index contributed by atoms with van der Waals surface area (Å²) in [6, 6.07) is 5.48. The van der Waals surface area contributed by atoms with Crippen molar-refractivity contribution in [3.05, 3.63) is 42.0 Å². The van der Waals surface area contributed by atoms with E-state index in [1.165, 1.54) is 0 Å². The molecule has 0 aromatic heterocycles. The molecule has 0 amide bonds. The molecule has 1 atom stereocenters. The summed E-state index contributed by atoms with van der Waals surface area (Å²) in [5.74, 6) is 0.859. The molecule has 0 N–H and O–H groups in total. The van der Waals surface area contributed by atoms with Crippen LogP contribution in [0.15, 0.2) is 30.9 Å². The van der Waals surface area contributed by atoms with Gasteiger partial charge in [-0.2, -0.15) is 0 Å². The lowest BCUT2D eigenvalue weighted by Gasteiger charge is -2.18. The molecule has 0 saturated carbocycles. The molecule has 0 fully saturated rings. The summed E-state index contributed by atoms with van der Waals surface area (Å²) >= 11 is 0. The highest BCUT2D eigenvalue weighted by molar-refractivity contribution is 5.75. The van der Waals surface area contributed by atoms with Gasteiger partial charge in [-0.05, 0) is 36.8 Å². The first-order valence-electron chi connectivity index (χ1n) is 4.57. The molecule has 2 nitrogen and oxygen atoms in total. The van der Waals surface area contributed by atoms with Crippen LogP contribution in [-0.2, 0) is 6.42 Å². The first kappa shape index (κ1) is 9.00. The average Bonchev–Trinajstić information content (AvgIpc) is 2.54. The minimum absolute atomic E-state index is 0.316. The molecule has 0 radical (unpaired) electrons. The molecular weight excluding hydrogens is 176 g/mol. The monoisotopic (exact) mass is 188 g/mol. The van der Waals surface area contributed by atoms with Gasteiger partial charge >= 0.3 is 0 Å². The molecule has 1 unspecified atom stereocenters. The normalized spacial score (nSPS) is 23.8. The number of hydrogen-bond acceptors (Lipinski definition) is 2. The predicted molar refractivity (Wildman–Crippen MR) is 54.8 cm³/mol. The number of rotatable bonds is 2. The number of aldehydes is 1. The number of ether oxygens (including phenoxy) is 1. The summed E-state index contributed by atoms with van der Waals surface area (Å²) in [6.07, 6.45) is 3.44. The van der Waals surface area contributed by atoms with Gasteiger partial charge in [0.25, 0.3) is 0 Å². The first-order chi connectivity index (χ1) is 6.67. The van der Waals surface area contributed by atoms with Crippen LogP contribution in [0.1, 0.15) is 22.8 Å². The van der Waals surface area contributed by atoms with E-state index in [0.29, 0.717) is 5.56 Å². The van der Waals surface area contributed by atoms with E-state index in [-0.39, 0.29) is 5.60 Å². The van der Waals surface area contributed by atoms with E-state index in [0.717, 1.165) is 24.0 Å². The minimum atomic E-state index is -0.316. The fraction of sp³-hybridized carbons (Fsp3) is 0.250. The molecule has 0 saturated heterocycles. The maximum atomic E-state index is 10.6. The molecule has 1 aliphatic rings. The highest BCUT2D eigenvalue weighted by atomic mass is 16.5. The van der Waals surface area contributed by atoms with Crippen LogP contribution in [0, 0.1) is 0 Å². The minimum Gasteiger partial charge on any atom is -0.483 e. The number of fused-ring (bicyclic) bond motifs is 1. The van der Waals surface area contributed by atoms with Crippen LogP contribution in [0.5, 0.6) is 5.75 Å². The summed E-state index contributed by atoms with van der Waals surface area (Å²) in [7, 11) is 0. The Morgan fingerprint density at radius 1 is 1.57 bits per heavy atom. The van der Waals surface area contributed by atoms with Crippen molar-refractivity contribution < 1.29 is 9.53 Å². The molecule has 2 heteroatoms. The quantitative estimate of drug-likeness (QED) is 0.526. The van der Waals surface area contributed by atoms with Crippen LogP contribution in [0.4, 0.5) is 0 Å². The fourth-order valence-electron chi connectivity index (χ4n) is 1.69. The molecule has 72 valence electrons. The first-order valence-corrected chi connectivity index (χ1v) is 4.57. The Labute approximate surface area is 83.2 Å². The highest BCUT2D eigenvalue weighted by Crippen LogP contribution is 2.35. The van der Waals surface area contributed by atoms with Crippen LogP contribution in [0.3, 0.4) is 0 Å². The third-order valence-corrected chi connectivity index (χ3v) is 2.54. The highest BCUT2D eigenvalue weighted by Gasteiger charge is 2.31. The largest absolute Gasteiger partial charge is 0.483 e. The van der Waals surface area contributed by atoms with E-state index < -0.39 is 0 Å². The van der Waals surface area contributed by atoms with E-state index in [9.17, 15) is 4.79 Å². The van der Waals surface area contributed by atoms with Crippen molar-refractivity contribution in [3.8, 4) is 5.75 Å². The summed E-state index contributed by atoms with van der Waals surface area (Å²) < 4.78 is 5.71. The number of hydrogen-bond donors (Lipinski definition) is 0. The Kier molecular flexibility index (Phi) is 1.92. The van der Waals surface area contributed by atoms with Crippen molar-refractivity contribution in [3.63, 3.8) is 0 Å². The van der Waals surface area contributed by atoms with E-state index in [2.05, 4.69) is 6.58 Å². The zero-order valence-electron chi connectivity index (χ0n) is 8.12. The standard InChI is InChI=1S/C12H12O2/c1-3-12(2)7-10-6-9(8-13)4-5-11(10)14-12/h3-6,8H,1,7H2,2H3. The van der Waals surface area contributed by atoms with Crippen LogP contribution in [0.2, 0.25) is 0 Å². The topological polar surface area (TPSA) is 26.3 Å².